The average Bonchev–Trinajstić information content (AvgIpc) is 2.48. The molecule has 2 aromatic rings. The first-order chi connectivity index (χ1) is 9.78. The van der Waals surface area contributed by atoms with E-state index < -0.39 is 0 Å². The largest absolute Gasteiger partial charge is 0.399 e. The average molecular weight is 267 g/mol. The molecular formula is C16H17N3O. The summed E-state index contributed by atoms with van der Waals surface area (Å²) in [7, 11) is 1.58. The lowest BCUT2D eigenvalue weighted by Gasteiger charge is -2.21. The fourth-order valence-corrected chi connectivity index (χ4v) is 2.61. The maximum atomic E-state index is 4.97. The highest BCUT2D eigenvalue weighted by molar-refractivity contribution is 6.02. The van der Waals surface area contributed by atoms with Crippen molar-refractivity contribution >= 4 is 5.71 Å². The van der Waals surface area contributed by atoms with Crippen molar-refractivity contribution in [2.75, 3.05) is 7.11 Å². The van der Waals surface area contributed by atoms with Gasteiger partial charge in [0.05, 0.1) is 17.1 Å². The first kappa shape index (κ1) is 12.8. The minimum Gasteiger partial charge on any atom is -0.399 e. The van der Waals surface area contributed by atoms with Crippen LogP contribution in [-0.4, -0.2) is 23.0 Å². The standard InChI is InChI=1S/C16H17N3O/c1-11-8-15-13(16(9-11)19-20-2)10-14(17-18-15)12-6-4-3-5-7-12/h3-7,10-11H,8-9H2,1-2H3/t11-/m0/s1. The molecule has 0 fully saturated rings. The summed E-state index contributed by atoms with van der Waals surface area (Å²) in [6.45, 7) is 2.20. The van der Waals surface area contributed by atoms with Crippen molar-refractivity contribution in [2.24, 2.45) is 11.1 Å². The van der Waals surface area contributed by atoms with E-state index in [1.165, 1.54) is 0 Å². The van der Waals surface area contributed by atoms with Gasteiger partial charge in [0.1, 0.15) is 7.11 Å². The van der Waals surface area contributed by atoms with E-state index in [1.54, 1.807) is 7.11 Å². The fourth-order valence-electron chi connectivity index (χ4n) is 2.61. The van der Waals surface area contributed by atoms with Crippen LogP contribution in [0.5, 0.6) is 0 Å². The van der Waals surface area contributed by atoms with E-state index in [-0.39, 0.29) is 0 Å². The molecule has 20 heavy (non-hydrogen) atoms. The molecule has 0 unspecified atom stereocenters. The van der Waals surface area contributed by atoms with E-state index in [1.807, 2.05) is 30.3 Å². The van der Waals surface area contributed by atoms with Gasteiger partial charge in [0.15, 0.2) is 0 Å². The Kier molecular flexibility index (Phi) is 3.46. The van der Waals surface area contributed by atoms with Crippen LogP contribution in [0.25, 0.3) is 11.3 Å². The molecule has 0 amide bonds. The summed E-state index contributed by atoms with van der Waals surface area (Å²) >= 11 is 0. The Morgan fingerprint density at radius 1 is 1.15 bits per heavy atom. The molecule has 4 nitrogen and oxygen atoms in total. The normalized spacial score (nSPS) is 19.7. The summed E-state index contributed by atoms with van der Waals surface area (Å²) < 4.78 is 0. The lowest BCUT2D eigenvalue weighted by molar-refractivity contribution is 0.212. The summed E-state index contributed by atoms with van der Waals surface area (Å²) in [6, 6.07) is 12.1. The number of benzene rings is 1. The number of oxime groups is 1. The van der Waals surface area contributed by atoms with Gasteiger partial charge in [0.2, 0.25) is 0 Å². The quantitative estimate of drug-likeness (QED) is 0.786. The van der Waals surface area contributed by atoms with Gasteiger partial charge in [-0.3, -0.25) is 0 Å². The lowest BCUT2D eigenvalue weighted by atomic mass is 9.86. The topological polar surface area (TPSA) is 47.4 Å². The molecule has 0 spiro atoms. The van der Waals surface area contributed by atoms with Crippen molar-refractivity contribution < 1.29 is 4.84 Å². The van der Waals surface area contributed by atoms with Crippen molar-refractivity contribution in [2.45, 2.75) is 19.8 Å². The summed E-state index contributed by atoms with van der Waals surface area (Å²) in [6.07, 6.45) is 1.86. The van der Waals surface area contributed by atoms with Crippen molar-refractivity contribution in [1.29, 1.82) is 0 Å². The Balaban J connectivity index is 2.07. The SMILES string of the molecule is CON=C1C[C@@H](C)Cc2nnc(-c3ccccc3)cc21. The van der Waals surface area contributed by atoms with Crippen LogP contribution in [0.4, 0.5) is 0 Å². The highest BCUT2D eigenvalue weighted by Gasteiger charge is 2.23. The van der Waals surface area contributed by atoms with Crippen LogP contribution in [0.15, 0.2) is 41.6 Å². The van der Waals surface area contributed by atoms with Crippen molar-refractivity contribution in [3.8, 4) is 11.3 Å². The maximum absolute atomic E-state index is 4.97. The van der Waals surface area contributed by atoms with Crippen LogP contribution in [0.2, 0.25) is 0 Å². The zero-order valence-corrected chi connectivity index (χ0v) is 11.7. The van der Waals surface area contributed by atoms with E-state index in [0.29, 0.717) is 5.92 Å². The summed E-state index contributed by atoms with van der Waals surface area (Å²) in [5.74, 6) is 0.522. The fraction of sp³-hybridized carbons (Fsp3) is 0.312. The second-order valence-electron chi connectivity index (χ2n) is 5.19. The van der Waals surface area contributed by atoms with Crippen LogP contribution in [0, 0.1) is 5.92 Å². The minimum absolute atomic E-state index is 0.522. The second-order valence-corrected chi connectivity index (χ2v) is 5.19. The number of nitrogens with zero attached hydrogens (tertiary/aromatic N) is 3. The molecule has 1 atom stereocenters. The number of rotatable bonds is 2. The molecule has 3 rings (SSSR count). The van der Waals surface area contributed by atoms with E-state index >= 15 is 0 Å². The van der Waals surface area contributed by atoms with Crippen LogP contribution in [-0.2, 0) is 11.3 Å². The van der Waals surface area contributed by atoms with Crippen molar-refractivity contribution in [1.82, 2.24) is 10.2 Å². The van der Waals surface area contributed by atoms with Gasteiger partial charge >= 0.3 is 0 Å². The Hall–Kier alpha value is -2.23. The Morgan fingerprint density at radius 2 is 1.95 bits per heavy atom. The highest BCUT2D eigenvalue weighted by atomic mass is 16.6. The van der Waals surface area contributed by atoms with Crippen LogP contribution < -0.4 is 0 Å². The summed E-state index contributed by atoms with van der Waals surface area (Å²) in [5, 5.41) is 12.9. The van der Waals surface area contributed by atoms with Gasteiger partial charge in [-0.2, -0.15) is 10.2 Å². The monoisotopic (exact) mass is 267 g/mol. The van der Waals surface area contributed by atoms with E-state index in [9.17, 15) is 0 Å². The van der Waals surface area contributed by atoms with Gasteiger partial charge < -0.3 is 4.84 Å². The predicted octanol–water partition coefficient (Wildman–Crippen LogP) is 3.08. The van der Waals surface area contributed by atoms with Gasteiger partial charge in [-0.25, -0.2) is 0 Å². The van der Waals surface area contributed by atoms with Gasteiger partial charge in [-0.1, -0.05) is 42.4 Å². The molecule has 102 valence electrons. The van der Waals surface area contributed by atoms with Gasteiger partial charge in [-0.15, -0.1) is 0 Å². The molecule has 1 aromatic heterocycles. The van der Waals surface area contributed by atoms with E-state index in [2.05, 4.69) is 28.3 Å². The molecule has 0 bridgehead atoms. The number of aromatic nitrogens is 2. The number of hydrogen-bond acceptors (Lipinski definition) is 4. The van der Waals surface area contributed by atoms with Gasteiger partial charge in [-0.05, 0) is 24.8 Å². The zero-order chi connectivity index (χ0) is 13.9. The third kappa shape index (κ3) is 2.41. The predicted molar refractivity (Wildman–Crippen MR) is 78.5 cm³/mol. The molecule has 0 radical (unpaired) electrons. The molecule has 1 heterocycles. The van der Waals surface area contributed by atoms with Crippen LogP contribution in [0.1, 0.15) is 24.6 Å². The molecule has 0 saturated carbocycles. The first-order valence-electron chi connectivity index (χ1n) is 6.80. The van der Waals surface area contributed by atoms with Crippen LogP contribution in [0.3, 0.4) is 0 Å². The Labute approximate surface area is 118 Å². The molecule has 1 aromatic carbocycles. The van der Waals surface area contributed by atoms with E-state index in [4.69, 9.17) is 4.84 Å². The highest BCUT2D eigenvalue weighted by Crippen LogP contribution is 2.27. The van der Waals surface area contributed by atoms with Crippen molar-refractivity contribution in [3.05, 3.63) is 47.7 Å². The third-order valence-electron chi connectivity index (χ3n) is 3.54. The summed E-state index contributed by atoms with van der Waals surface area (Å²) in [4.78, 5) is 4.97. The maximum Gasteiger partial charge on any atom is 0.106 e. The molecule has 0 N–H and O–H groups in total. The van der Waals surface area contributed by atoms with Gasteiger partial charge in [0.25, 0.3) is 0 Å². The first-order valence-corrected chi connectivity index (χ1v) is 6.80. The zero-order valence-electron chi connectivity index (χ0n) is 11.7. The van der Waals surface area contributed by atoms with E-state index in [0.717, 1.165) is 41.1 Å². The smallest absolute Gasteiger partial charge is 0.106 e. The third-order valence-corrected chi connectivity index (χ3v) is 3.54. The Morgan fingerprint density at radius 3 is 2.70 bits per heavy atom. The van der Waals surface area contributed by atoms with Gasteiger partial charge in [0, 0.05) is 11.1 Å². The minimum atomic E-state index is 0.522. The molecule has 1 aliphatic rings. The number of hydrogen-bond donors (Lipinski definition) is 0. The number of fused-ring (bicyclic) bond motifs is 1. The molecule has 1 aliphatic carbocycles. The van der Waals surface area contributed by atoms with Crippen molar-refractivity contribution in [3.63, 3.8) is 0 Å². The summed E-state index contributed by atoms with van der Waals surface area (Å²) in [5.41, 5.74) is 4.99. The van der Waals surface area contributed by atoms with Crippen LogP contribution >= 0.6 is 0 Å². The lowest BCUT2D eigenvalue weighted by Crippen LogP contribution is -2.21. The molecule has 4 heteroatoms. The Bertz CT molecular complexity index is 637. The second kappa shape index (κ2) is 5.41. The molecule has 0 saturated heterocycles. The molecular weight excluding hydrogens is 250 g/mol. The molecule has 0 aliphatic heterocycles.